The van der Waals surface area contributed by atoms with Gasteiger partial charge in [0.2, 0.25) is 0 Å². The van der Waals surface area contributed by atoms with E-state index in [4.69, 9.17) is 4.74 Å². The van der Waals surface area contributed by atoms with Crippen LogP contribution in [0.4, 0.5) is 0 Å². The predicted octanol–water partition coefficient (Wildman–Crippen LogP) is 2.46. The zero-order chi connectivity index (χ0) is 7.72. The van der Waals surface area contributed by atoms with E-state index in [1.54, 1.807) is 0 Å². The van der Waals surface area contributed by atoms with Crippen LogP contribution in [0.25, 0.3) is 0 Å². The Morgan fingerprint density at radius 2 is 1.80 bits per heavy atom. The number of hydrogen-bond donors (Lipinski definition) is 0. The lowest BCUT2D eigenvalue weighted by Gasteiger charge is -2.00. The van der Waals surface area contributed by atoms with Crippen LogP contribution in [0.15, 0.2) is 0 Å². The Kier molecular flexibility index (Phi) is 2.35. The number of epoxide rings is 1. The van der Waals surface area contributed by atoms with E-state index in [0.29, 0.717) is 18.1 Å². The first-order chi connectivity index (χ1) is 4.61. The van der Waals surface area contributed by atoms with Crippen LogP contribution in [0, 0.1) is 11.8 Å². The van der Waals surface area contributed by atoms with Crippen LogP contribution in [0.1, 0.15) is 34.1 Å². The average molecular weight is 142 g/mol. The molecule has 2 unspecified atom stereocenters. The quantitative estimate of drug-likeness (QED) is 0.551. The van der Waals surface area contributed by atoms with Crippen molar-refractivity contribution in [3.63, 3.8) is 0 Å². The molecule has 2 atom stereocenters. The third-order valence-electron chi connectivity index (χ3n) is 1.98. The molecule has 0 bridgehead atoms. The molecule has 0 aromatic heterocycles. The highest BCUT2D eigenvalue weighted by Gasteiger charge is 2.40. The maximum absolute atomic E-state index is 5.49. The summed E-state index contributed by atoms with van der Waals surface area (Å²) in [5.74, 6) is 1.50. The van der Waals surface area contributed by atoms with E-state index >= 15 is 0 Å². The largest absolute Gasteiger partial charge is 0.369 e. The van der Waals surface area contributed by atoms with Gasteiger partial charge in [-0.15, -0.1) is 0 Å². The van der Waals surface area contributed by atoms with Crippen molar-refractivity contribution in [1.82, 2.24) is 0 Å². The monoisotopic (exact) mass is 142 g/mol. The van der Waals surface area contributed by atoms with Crippen molar-refractivity contribution in [1.29, 1.82) is 0 Å². The second-order valence-corrected chi connectivity index (χ2v) is 4.01. The van der Waals surface area contributed by atoms with E-state index in [2.05, 4.69) is 27.7 Å². The summed E-state index contributed by atoms with van der Waals surface area (Å²) in [7, 11) is 0. The van der Waals surface area contributed by atoms with E-state index in [-0.39, 0.29) is 0 Å². The molecule has 1 heterocycles. The first-order valence-corrected chi connectivity index (χ1v) is 4.26. The summed E-state index contributed by atoms with van der Waals surface area (Å²) < 4.78 is 5.49. The van der Waals surface area contributed by atoms with E-state index < -0.39 is 0 Å². The van der Waals surface area contributed by atoms with Crippen LogP contribution in [0.5, 0.6) is 0 Å². The zero-order valence-corrected chi connectivity index (χ0v) is 7.42. The van der Waals surface area contributed by atoms with Crippen LogP contribution in [0.3, 0.4) is 0 Å². The molecule has 1 heteroatoms. The third kappa shape index (κ3) is 1.98. The Labute approximate surface area is 63.8 Å². The molecule has 0 N–H and O–H groups in total. The van der Waals surface area contributed by atoms with Gasteiger partial charge in [-0.1, -0.05) is 27.7 Å². The van der Waals surface area contributed by atoms with E-state index in [9.17, 15) is 0 Å². The van der Waals surface area contributed by atoms with Gasteiger partial charge in [0.05, 0.1) is 12.2 Å². The van der Waals surface area contributed by atoms with E-state index in [1.807, 2.05) is 0 Å². The van der Waals surface area contributed by atoms with Crippen molar-refractivity contribution >= 4 is 0 Å². The fraction of sp³-hybridized carbons (Fsp3) is 1.00. The molecule has 0 saturated carbocycles. The van der Waals surface area contributed by atoms with Crippen LogP contribution >= 0.6 is 0 Å². The average Bonchev–Trinajstić information content (AvgIpc) is 2.43. The Bertz CT molecular complexity index is 107. The van der Waals surface area contributed by atoms with Gasteiger partial charge in [0.1, 0.15) is 0 Å². The van der Waals surface area contributed by atoms with Crippen molar-refractivity contribution in [3.8, 4) is 0 Å². The molecule has 0 aromatic carbocycles. The summed E-state index contributed by atoms with van der Waals surface area (Å²) in [4.78, 5) is 0. The summed E-state index contributed by atoms with van der Waals surface area (Å²) in [6.07, 6.45) is 2.39. The standard InChI is InChI=1S/C9H18O/c1-6(2)5-8-9(10-8)7(3)4/h6-9H,5H2,1-4H3. The SMILES string of the molecule is CC(C)CC1OC1C(C)C. The molecular weight excluding hydrogens is 124 g/mol. The Hall–Kier alpha value is -0.0400. The van der Waals surface area contributed by atoms with E-state index in [1.165, 1.54) is 6.42 Å². The summed E-state index contributed by atoms with van der Waals surface area (Å²) in [6.45, 7) is 8.95. The molecule has 0 aromatic rings. The molecule has 0 radical (unpaired) electrons. The lowest BCUT2D eigenvalue weighted by Crippen LogP contribution is -2.04. The van der Waals surface area contributed by atoms with Gasteiger partial charge in [0.25, 0.3) is 0 Å². The van der Waals surface area contributed by atoms with Gasteiger partial charge in [-0.2, -0.15) is 0 Å². The summed E-state index contributed by atoms with van der Waals surface area (Å²) in [5, 5.41) is 0. The Morgan fingerprint density at radius 1 is 1.20 bits per heavy atom. The molecular formula is C9H18O. The number of ether oxygens (including phenoxy) is 1. The van der Waals surface area contributed by atoms with Gasteiger partial charge < -0.3 is 4.74 Å². The number of hydrogen-bond acceptors (Lipinski definition) is 1. The first kappa shape index (κ1) is 8.06. The van der Waals surface area contributed by atoms with E-state index in [0.717, 1.165) is 5.92 Å². The third-order valence-corrected chi connectivity index (χ3v) is 1.98. The maximum atomic E-state index is 5.49. The van der Waals surface area contributed by atoms with Gasteiger partial charge in [-0.25, -0.2) is 0 Å². The van der Waals surface area contributed by atoms with Gasteiger partial charge in [0, 0.05) is 0 Å². The van der Waals surface area contributed by atoms with Gasteiger partial charge in [-0.05, 0) is 18.3 Å². The molecule has 1 nitrogen and oxygen atoms in total. The highest BCUT2D eigenvalue weighted by atomic mass is 16.6. The predicted molar refractivity (Wildman–Crippen MR) is 43.0 cm³/mol. The minimum Gasteiger partial charge on any atom is -0.369 e. The van der Waals surface area contributed by atoms with Crippen molar-refractivity contribution in [3.05, 3.63) is 0 Å². The van der Waals surface area contributed by atoms with Gasteiger partial charge in [-0.3, -0.25) is 0 Å². The Morgan fingerprint density at radius 3 is 2.10 bits per heavy atom. The lowest BCUT2D eigenvalue weighted by molar-refractivity contribution is 0.321. The van der Waals surface area contributed by atoms with Crippen LogP contribution < -0.4 is 0 Å². The van der Waals surface area contributed by atoms with Crippen LogP contribution in [-0.2, 0) is 4.74 Å². The van der Waals surface area contributed by atoms with Crippen molar-refractivity contribution in [2.45, 2.75) is 46.3 Å². The molecule has 0 aliphatic carbocycles. The molecule has 1 rings (SSSR count). The summed E-state index contributed by atoms with van der Waals surface area (Å²) in [5.41, 5.74) is 0. The second-order valence-electron chi connectivity index (χ2n) is 4.01. The molecule has 1 fully saturated rings. The molecule has 1 saturated heterocycles. The highest BCUT2D eigenvalue weighted by Crippen LogP contribution is 2.33. The fourth-order valence-electron chi connectivity index (χ4n) is 1.40. The van der Waals surface area contributed by atoms with Crippen molar-refractivity contribution in [2.75, 3.05) is 0 Å². The zero-order valence-electron chi connectivity index (χ0n) is 7.42. The Balaban J connectivity index is 2.13. The molecule has 0 spiro atoms. The normalized spacial score (nSPS) is 31.8. The maximum Gasteiger partial charge on any atom is 0.0864 e. The molecule has 10 heavy (non-hydrogen) atoms. The highest BCUT2D eigenvalue weighted by molar-refractivity contribution is 4.87. The summed E-state index contributed by atoms with van der Waals surface area (Å²) in [6, 6.07) is 0. The topological polar surface area (TPSA) is 12.5 Å². The fourth-order valence-corrected chi connectivity index (χ4v) is 1.40. The van der Waals surface area contributed by atoms with Crippen LogP contribution in [-0.4, -0.2) is 12.2 Å². The van der Waals surface area contributed by atoms with Crippen LogP contribution in [0.2, 0.25) is 0 Å². The minimum atomic E-state index is 0.572. The van der Waals surface area contributed by atoms with Crippen molar-refractivity contribution in [2.24, 2.45) is 11.8 Å². The second kappa shape index (κ2) is 2.91. The molecule has 0 amide bonds. The minimum absolute atomic E-state index is 0.572. The van der Waals surface area contributed by atoms with Crippen molar-refractivity contribution < 1.29 is 4.74 Å². The summed E-state index contributed by atoms with van der Waals surface area (Å²) >= 11 is 0. The first-order valence-electron chi connectivity index (χ1n) is 4.26. The number of rotatable bonds is 3. The molecule has 60 valence electrons. The van der Waals surface area contributed by atoms with Gasteiger partial charge >= 0.3 is 0 Å². The lowest BCUT2D eigenvalue weighted by atomic mass is 10.0. The smallest absolute Gasteiger partial charge is 0.0864 e. The molecule has 1 aliphatic rings. The molecule has 1 aliphatic heterocycles. The van der Waals surface area contributed by atoms with Gasteiger partial charge in [0.15, 0.2) is 0 Å².